The molecule has 0 radical (unpaired) electrons. The van der Waals surface area contributed by atoms with Gasteiger partial charge in [-0.2, -0.15) is 0 Å². The molecule has 0 unspecified atom stereocenters. The first-order valence-corrected chi connectivity index (χ1v) is 26.1. The van der Waals surface area contributed by atoms with Crippen LogP contribution in [0, 0.1) is 0 Å². The zero-order chi connectivity index (χ0) is 38.0. The summed E-state index contributed by atoms with van der Waals surface area (Å²) in [5.74, 6) is -1.82. The molecule has 0 rings (SSSR count). The molecule has 0 aliphatic rings. The van der Waals surface area contributed by atoms with Gasteiger partial charge in [-0.15, -0.1) is 0 Å². The van der Waals surface area contributed by atoms with Crippen LogP contribution in [-0.2, 0) is 14.3 Å². The van der Waals surface area contributed by atoms with Crippen LogP contribution in [0.2, 0.25) is 8.87 Å². The number of hydrogen-bond acceptors (Lipinski definition) is 5. The molecule has 0 aliphatic carbocycles. The molecule has 0 saturated carbocycles. The second-order valence-electron chi connectivity index (χ2n) is 14.1. The Hall–Kier alpha value is -0.301. The van der Waals surface area contributed by atoms with Gasteiger partial charge in [-0.05, 0) is 38.5 Å². The Morgan fingerprint density at radius 3 is 0.860 bits per heavy atom. The molecule has 0 aromatic rings. The molecule has 50 heavy (non-hydrogen) atoms. The number of carbonyl (C=O) groups excluding carboxylic acids is 2. The Balaban J connectivity index is -0.000000286. The molecule has 0 bridgehead atoms. The van der Waals surface area contributed by atoms with Gasteiger partial charge in [0.2, 0.25) is 0 Å². The van der Waals surface area contributed by atoms with Crippen LogP contribution < -0.4 is 10.2 Å². The van der Waals surface area contributed by atoms with Crippen molar-refractivity contribution in [1.29, 1.82) is 0 Å². The number of carboxylic acid groups (broad SMARTS) is 2. The van der Waals surface area contributed by atoms with Crippen molar-refractivity contribution >= 4 is 33.1 Å². The number of carbonyl (C=O) groups is 2. The van der Waals surface area contributed by atoms with Crippen molar-refractivity contribution in [2.45, 2.75) is 256 Å². The minimum atomic E-state index is -0.909. The SMILES string of the molecule is CCCCCCCCCCCC(=O)[O-].CCCCCCCCCCCC(=O)[O-].CCCCCCOCCCCCC.CCC[CH2][Sn+2][CH2]CCC. The molecule has 0 amide bonds. The van der Waals surface area contributed by atoms with E-state index in [0.717, 1.165) is 38.9 Å². The quantitative estimate of drug-likeness (QED) is 0.0464. The average Bonchev–Trinajstić information content (AvgIpc) is 3.10. The van der Waals surface area contributed by atoms with E-state index in [1.165, 1.54) is 167 Å². The fourth-order valence-corrected chi connectivity index (χ4v) is 9.41. The Morgan fingerprint density at radius 1 is 0.360 bits per heavy atom. The van der Waals surface area contributed by atoms with Gasteiger partial charge in [-0.3, -0.25) is 0 Å². The van der Waals surface area contributed by atoms with Crippen molar-refractivity contribution in [2.24, 2.45) is 0 Å². The van der Waals surface area contributed by atoms with Crippen molar-refractivity contribution in [3.63, 3.8) is 0 Å². The first-order valence-electron chi connectivity index (χ1n) is 22.1. The van der Waals surface area contributed by atoms with E-state index in [1.54, 1.807) is 8.87 Å². The summed E-state index contributed by atoms with van der Waals surface area (Å²) < 4.78 is 8.78. The summed E-state index contributed by atoms with van der Waals surface area (Å²) in [5, 5.41) is 20.2. The van der Waals surface area contributed by atoms with Gasteiger partial charge in [0.25, 0.3) is 0 Å². The predicted molar refractivity (Wildman–Crippen MR) is 218 cm³/mol. The standard InChI is InChI=1S/2C12H24O2.C12H26O.2C4H9.Sn/c2*1-2-3-4-5-6-7-8-9-10-11-12(13)14;1-3-5-7-9-11-13-12-10-8-6-4-2;2*1-3-4-2;/h2*2-11H2,1H3,(H,13,14);3-12H2,1-2H3;2*1,3-4H2,2H3;/q;;;;;+2/p-2. The first-order chi connectivity index (χ1) is 24.4. The monoisotopic (exact) mass is 819 g/mol. The zero-order valence-electron chi connectivity index (χ0n) is 35.0. The molecule has 0 spiro atoms. The molecule has 300 valence electrons. The van der Waals surface area contributed by atoms with Gasteiger partial charge >= 0.3 is 69.5 Å². The van der Waals surface area contributed by atoms with Gasteiger partial charge in [0.15, 0.2) is 0 Å². The summed E-state index contributed by atoms with van der Waals surface area (Å²) in [6, 6.07) is 0. The van der Waals surface area contributed by atoms with Crippen LogP contribution >= 0.6 is 0 Å². The number of rotatable bonds is 36. The molecule has 0 N–H and O–H groups in total. The van der Waals surface area contributed by atoms with Gasteiger partial charge in [0.1, 0.15) is 0 Å². The molecule has 0 heterocycles. The van der Waals surface area contributed by atoms with Gasteiger partial charge in [0, 0.05) is 25.2 Å². The summed E-state index contributed by atoms with van der Waals surface area (Å²) in [6.07, 6.45) is 38.7. The van der Waals surface area contributed by atoms with E-state index in [0.29, 0.717) is 0 Å². The predicted octanol–water partition coefficient (Wildman–Crippen LogP) is 12.6. The van der Waals surface area contributed by atoms with Crippen LogP contribution in [0.3, 0.4) is 0 Å². The molecule has 0 aromatic carbocycles. The van der Waals surface area contributed by atoms with E-state index in [2.05, 4.69) is 41.5 Å². The van der Waals surface area contributed by atoms with Crippen LogP contribution in [0.15, 0.2) is 0 Å². The number of hydrogen-bond donors (Lipinski definition) is 0. The van der Waals surface area contributed by atoms with Crippen molar-refractivity contribution < 1.29 is 24.5 Å². The fraction of sp³-hybridized carbons (Fsp3) is 0.955. The molecular weight excluding hydrogens is 727 g/mol. The number of unbranched alkanes of at least 4 members (excludes halogenated alkanes) is 24. The molecule has 6 heteroatoms. The molecule has 0 atom stereocenters. The third kappa shape index (κ3) is 73.2. The second-order valence-corrected chi connectivity index (χ2v) is 18.4. The maximum atomic E-state index is 10.1. The van der Waals surface area contributed by atoms with E-state index in [1.807, 2.05) is 0 Å². The minimum absolute atomic E-state index is 0.149. The summed E-state index contributed by atoms with van der Waals surface area (Å²) >= 11 is 0.149. The Bertz CT molecular complexity index is 539. The molecular formula is C44H90O5Sn. The molecule has 0 aliphatic heterocycles. The van der Waals surface area contributed by atoms with Crippen LogP contribution in [0.1, 0.15) is 247 Å². The van der Waals surface area contributed by atoms with Crippen molar-refractivity contribution in [2.75, 3.05) is 13.2 Å². The van der Waals surface area contributed by atoms with Crippen molar-refractivity contribution in [3.8, 4) is 0 Å². The van der Waals surface area contributed by atoms with E-state index in [4.69, 9.17) is 4.74 Å². The van der Waals surface area contributed by atoms with Gasteiger partial charge in [-0.1, -0.05) is 169 Å². The second kappa shape index (κ2) is 58.0. The Labute approximate surface area is 325 Å². The molecule has 5 nitrogen and oxygen atoms in total. The maximum absolute atomic E-state index is 10.1. The van der Waals surface area contributed by atoms with Gasteiger partial charge in [0.05, 0.1) is 0 Å². The number of aliphatic carboxylic acids is 2. The molecule has 0 aromatic heterocycles. The number of carboxylic acids is 2. The number of ether oxygens (including phenoxy) is 1. The fourth-order valence-electron chi connectivity index (χ4n) is 5.25. The molecule has 0 saturated heterocycles. The topological polar surface area (TPSA) is 89.5 Å². The average molecular weight is 818 g/mol. The van der Waals surface area contributed by atoms with Crippen LogP contribution in [0.5, 0.6) is 0 Å². The molecule has 0 fully saturated rings. The summed E-state index contributed by atoms with van der Waals surface area (Å²) in [6.45, 7) is 15.5. The Kier molecular flexibility index (Phi) is 65.5. The Morgan fingerprint density at radius 2 is 0.600 bits per heavy atom. The summed E-state index contributed by atoms with van der Waals surface area (Å²) in [7, 11) is 0. The van der Waals surface area contributed by atoms with Crippen LogP contribution in [-0.4, -0.2) is 46.3 Å². The summed E-state index contributed by atoms with van der Waals surface area (Å²) in [4.78, 5) is 20.2. The van der Waals surface area contributed by atoms with E-state index >= 15 is 0 Å². The van der Waals surface area contributed by atoms with Gasteiger partial charge in [-0.25, -0.2) is 0 Å². The van der Waals surface area contributed by atoms with E-state index in [-0.39, 0.29) is 34.0 Å². The van der Waals surface area contributed by atoms with Crippen LogP contribution in [0.4, 0.5) is 0 Å². The van der Waals surface area contributed by atoms with E-state index in [9.17, 15) is 19.8 Å². The normalized spacial score (nSPS) is 10.2. The van der Waals surface area contributed by atoms with E-state index < -0.39 is 11.9 Å². The van der Waals surface area contributed by atoms with Crippen molar-refractivity contribution in [1.82, 2.24) is 0 Å². The first kappa shape index (κ1) is 56.4. The zero-order valence-corrected chi connectivity index (χ0v) is 37.9. The van der Waals surface area contributed by atoms with Crippen molar-refractivity contribution in [3.05, 3.63) is 0 Å². The third-order valence-electron chi connectivity index (χ3n) is 8.67. The summed E-state index contributed by atoms with van der Waals surface area (Å²) in [5.41, 5.74) is 0. The van der Waals surface area contributed by atoms with Gasteiger partial charge < -0.3 is 24.5 Å². The third-order valence-corrected chi connectivity index (χ3v) is 12.7. The van der Waals surface area contributed by atoms with Crippen LogP contribution in [0.25, 0.3) is 0 Å².